The summed E-state index contributed by atoms with van der Waals surface area (Å²) >= 11 is 0. The monoisotopic (exact) mass is 350 g/mol. The molecular formula is C18H27ClN4O. The smallest absolute Gasteiger partial charge is 0.237 e. The van der Waals surface area contributed by atoms with Gasteiger partial charge in [0.2, 0.25) is 5.91 Å². The third-order valence-electron chi connectivity index (χ3n) is 3.87. The minimum absolute atomic E-state index is 0. The second-order valence-electron chi connectivity index (χ2n) is 5.74. The van der Waals surface area contributed by atoms with Crippen LogP contribution in [0.5, 0.6) is 0 Å². The lowest BCUT2D eigenvalue weighted by atomic mass is 10.1. The largest absolute Gasteiger partial charge is 0.348 e. The zero-order valence-corrected chi connectivity index (χ0v) is 15.0. The summed E-state index contributed by atoms with van der Waals surface area (Å²) in [5.74, 6) is 0.765. The summed E-state index contributed by atoms with van der Waals surface area (Å²) in [4.78, 5) is 16.2. The van der Waals surface area contributed by atoms with Crippen molar-refractivity contribution >= 4 is 18.3 Å². The van der Waals surface area contributed by atoms with Crippen molar-refractivity contribution in [1.29, 1.82) is 0 Å². The molecule has 0 bridgehead atoms. The third kappa shape index (κ3) is 6.34. The van der Waals surface area contributed by atoms with Crippen LogP contribution in [0.1, 0.15) is 37.6 Å². The highest BCUT2D eigenvalue weighted by Gasteiger charge is 2.12. The normalized spacial score (nSPS) is 11.6. The van der Waals surface area contributed by atoms with Crippen LogP contribution in [0.25, 0.3) is 0 Å². The molecule has 0 aliphatic heterocycles. The van der Waals surface area contributed by atoms with Gasteiger partial charge in [-0.05, 0) is 24.8 Å². The van der Waals surface area contributed by atoms with Gasteiger partial charge in [-0.3, -0.25) is 4.79 Å². The molecule has 0 radical (unpaired) electrons. The first-order valence-electron chi connectivity index (χ1n) is 8.28. The van der Waals surface area contributed by atoms with Crippen LogP contribution in [-0.4, -0.2) is 21.5 Å². The Balaban J connectivity index is 0.00000288. The summed E-state index contributed by atoms with van der Waals surface area (Å²) in [7, 11) is 0. The number of carbonyl (C=O) groups excluding carboxylic acids is 1. The molecule has 1 heterocycles. The molecule has 6 heteroatoms. The first-order chi connectivity index (χ1) is 11.2. The van der Waals surface area contributed by atoms with Crippen molar-refractivity contribution in [1.82, 2.24) is 14.9 Å². The van der Waals surface area contributed by atoms with Crippen LogP contribution in [-0.2, 0) is 24.3 Å². The summed E-state index contributed by atoms with van der Waals surface area (Å²) < 4.78 is 2.09. The molecule has 0 saturated carbocycles. The summed E-state index contributed by atoms with van der Waals surface area (Å²) in [6, 6.07) is 10.0. The first kappa shape index (κ1) is 20.2. The van der Waals surface area contributed by atoms with Crippen molar-refractivity contribution in [2.24, 2.45) is 5.73 Å². The molecule has 0 aliphatic rings. The van der Waals surface area contributed by atoms with Gasteiger partial charge in [-0.1, -0.05) is 43.7 Å². The fourth-order valence-corrected chi connectivity index (χ4v) is 2.55. The maximum Gasteiger partial charge on any atom is 0.237 e. The lowest BCUT2D eigenvalue weighted by Gasteiger charge is -2.12. The van der Waals surface area contributed by atoms with Crippen molar-refractivity contribution in [2.45, 2.75) is 51.7 Å². The van der Waals surface area contributed by atoms with Crippen LogP contribution in [0.4, 0.5) is 0 Å². The first-order valence-corrected chi connectivity index (χ1v) is 8.28. The van der Waals surface area contributed by atoms with Gasteiger partial charge in [0.25, 0.3) is 0 Å². The number of hydrogen-bond acceptors (Lipinski definition) is 3. The lowest BCUT2D eigenvalue weighted by Crippen LogP contribution is -2.40. The molecule has 1 aromatic heterocycles. The van der Waals surface area contributed by atoms with E-state index < -0.39 is 6.04 Å². The van der Waals surface area contributed by atoms with E-state index in [1.807, 2.05) is 19.2 Å². The molecule has 132 valence electrons. The highest BCUT2D eigenvalue weighted by atomic mass is 35.5. The second-order valence-corrected chi connectivity index (χ2v) is 5.74. The van der Waals surface area contributed by atoms with Crippen molar-refractivity contribution in [2.75, 3.05) is 0 Å². The Morgan fingerprint density at radius 3 is 2.79 bits per heavy atom. The van der Waals surface area contributed by atoms with Gasteiger partial charge in [-0.15, -0.1) is 12.4 Å². The average Bonchev–Trinajstić information content (AvgIpc) is 3.01. The van der Waals surface area contributed by atoms with Crippen LogP contribution < -0.4 is 11.1 Å². The average molecular weight is 351 g/mol. The van der Waals surface area contributed by atoms with Gasteiger partial charge in [-0.25, -0.2) is 4.98 Å². The van der Waals surface area contributed by atoms with E-state index in [1.54, 1.807) is 6.20 Å². The van der Waals surface area contributed by atoms with Gasteiger partial charge in [-0.2, -0.15) is 0 Å². The van der Waals surface area contributed by atoms with Crippen molar-refractivity contribution < 1.29 is 4.79 Å². The topological polar surface area (TPSA) is 72.9 Å². The van der Waals surface area contributed by atoms with E-state index in [2.05, 4.69) is 39.1 Å². The Morgan fingerprint density at radius 1 is 1.33 bits per heavy atom. The quantitative estimate of drug-likeness (QED) is 0.730. The molecule has 1 atom stereocenters. The lowest BCUT2D eigenvalue weighted by molar-refractivity contribution is -0.122. The van der Waals surface area contributed by atoms with Crippen molar-refractivity contribution in [3.63, 3.8) is 0 Å². The molecule has 0 spiro atoms. The Labute approximate surface area is 150 Å². The SMILES string of the molecule is CCCC(N)C(=O)NCc1nccn1CCCc1ccccc1.Cl. The van der Waals surface area contributed by atoms with E-state index in [1.165, 1.54) is 5.56 Å². The van der Waals surface area contributed by atoms with Gasteiger partial charge in [0.15, 0.2) is 0 Å². The van der Waals surface area contributed by atoms with Crippen LogP contribution >= 0.6 is 12.4 Å². The van der Waals surface area contributed by atoms with E-state index >= 15 is 0 Å². The summed E-state index contributed by atoms with van der Waals surface area (Å²) in [6.07, 6.45) is 7.41. The molecule has 0 fully saturated rings. The number of nitrogens with zero attached hydrogens (tertiary/aromatic N) is 2. The van der Waals surface area contributed by atoms with E-state index in [-0.39, 0.29) is 18.3 Å². The zero-order chi connectivity index (χ0) is 16.5. The number of carbonyl (C=O) groups is 1. The maximum atomic E-state index is 11.9. The maximum absolute atomic E-state index is 11.9. The number of halogens is 1. The fourth-order valence-electron chi connectivity index (χ4n) is 2.55. The predicted molar refractivity (Wildman–Crippen MR) is 99.0 cm³/mol. The number of nitrogens with one attached hydrogen (secondary N) is 1. The van der Waals surface area contributed by atoms with E-state index in [0.29, 0.717) is 13.0 Å². The Bertz CT molecular complexity index is 600. The van der Waals surface area contributed by atoms with Gasteiger partial charge in [0.05, 0.1) is 12.6 Å². The molecule has 5 nitrogen and oxygen atoms in total. The van der Waals surface area contributed by atoms with Gasteiger partial charge >= 0.3 is 0 Å². The van der Waals surface area contributed by atoms with Crippen molar-refractivity contribution in [3.05, 3.63) is 54.1 Å². The Morgan fingerprint density at radius 2 is 2.08 bits per heavy atom. The molecule has 3 N–H and O–H groups in total. The van der Waals surface area contributed by atoms with Gasteiger partial charge in [0.1, 0.15) is 5.82 Å². The number of amides is 1. The minimum Gasteiger partial charge on any atom is -0.348 e. The molecule has 24 heavy (non-hydrogen) atoms. The molecule has 1 amide bonds. The van der Waals surface area contributed by atoms with Crippen LogP contribution in [0.3, 0.4) is 0 Å². The third-order valence-corrected chi connectivity index (χ3v) is 3.87. The molecule has 0 saturated heterocycles. The molecule has 0 aliphatic carbocycles. The standard InChI is InChI=1S/C18H26N4O.ClH/c1-2-7-16(19)18(23)21-14-17-20-11-13-22(17)12-6-10-15-8-4-3-5-9-15;/h3-5,8-9,11,13,16H,2,6-7,10,12,14,19H2,1H3,(H,21,23);1H. The minimum atomic E-state index is -0.429. The second kappa shape index (κ2) is 10.8. The number of rotatable bonds is 9. The highest BCUT2D eigenvalue weighted by molar-refractivity contribution is 5.85. The molecule has 1 aromatic carbocycles. The zero-order valence-electron chi connectivity index (χ0n) is 14.1. The van der Waals surface area contributed by atoms with Gasteiger partial charge < -0.3 is 15.6 Å². The van der Waals surface area contributed by atoms with Gasteiger partial charge in [0, 0.05) is 18.9 Å². The van der Waals surface area contributed by atoms with Crippen LogP contribution in [0, 0.1) is 0 Å². The number of aryl methyl sites for hydroxylation is 2. The van der Waals surface area contributed by atoms with Crippen LogP contribution in [0.2, 0.25) is 0 Å². The number of benzene rings is 1. The van der Waals surface area contributed by atoms with E-state index in [0.717, 1.165) is 31.6 Å². The Hall–Kier alpha value is -1.85. The summed E-state index contributed by atoms with van der Waals surface area (Å²) in [5, 5.41) is 2.87. The number of aromatic nitrogens is 2. The number of imidazole rings is 1. The fraction of sp³-hybridized carbons (Fsp3) is 0.444. The Kier molecular flexibility index (Phi) is 9.12. The number of nitrogens with two attached hydrogens (primary N) is 1. The van der Waals surface area contributed by atoms with Crippen molar-refractivity contribution in [3.8, 4) is 0 Å². The van der Waals surface area contributed by atoms with Crippen LogP contribution in [0.15, 0.2) is 42.7 Å². The highest BCUT2D eigenvalue weighted by Crippen LogP contribution is 2.06. The summed E-state index contributed by atoms with van der Waals surface area (Å²) in [5.41, 5.74) is 7.15. The summed E-state index contributed by atoms with van der Waals surface area (Å²) in [6.45, 7) is 3.34. The molecule has 2 rings (SSSR count). The molecule has 2 aromatic rings. The molecular weight excluding hydrogens is 324 g/mol. The van der Waals surface area contributed by atoms with E-state index in [9.17, 15) is 4.79 Å². The molecule has 1 unspecified atom stereocenters. The predicted octanol–water partition coefficient (Wildman–Crippen LogP) is 2.68. The van der Waals surface area contributed by atoms with E-state index in [4.69, 9.17) is 5.73 Å². The number of hydrogen-bond donors (Lipinski definition) is 2.